The van der Waals surface area contributed by atoms with E-state index >= 15 is 0 Å². The molecule has 1 N–H and O–H groups in total. The molecular formula is C22H19ClN4O6S. The molecule has 1 aromatic heterocycles. The minimum atomic E-state index is -1.23. The highest BCUT2D eigenvalue weighted by atomic mass is 35.5. The lowest BCUT2D eigenvalue weighted by Gasteiger charge is -2.20. The number of nitro groups is 1. The fraction of sp³-hybridized carbons (Fsp3) is 0.227. The van der Waals surface area contributed by atoms with Crippen LogP contribution >= 0.6 is 23.4 Å². The van der Waals surface area contributed by atoms with Crippen LogP contribution in [0.5, 0.6) is 5.75 Å². The van der Waals surface area contributed by atoms with E-state index in [0.717, 1.165) is 43.4 Å². The van der Waals surface area contributed by atoms with Crippen molar-refractivity contribution >= 4 is 46.8 Å². The van der Waals surface area contributed by atoms with E-state index < -0.39 is 10.9 Å². The van der Waals surface area contributed by atoms with E-state index in [0.29, 0.717) is 21.9 Å². The van der Waals surface area contributed by atoms with E-state index in [4.69, 9.17) is 20.8 Å². The third-order valence-corrected chi connectivity index (χ3v) is 6.25. The molecule has 0 atom stereocenters. The molecule has 4 rings (SSSR count). The molecule has 0 spiro atoms. The highest BCUT2D eigenvalue weighted by Gasteiger charge is 2.22. The third kappa shape index (κ3) is 5.15. The standard InChI is InChI=1S/C22H19ClN4O6S/c1-32-18-7-4-14(23)12-16(18)20-24-25-22(33-20)34-19(21(28)29)11-13-10-15(27(30)31)5-6-17(13)26-8-2-3-9-26/h4-7,10-12H,2-3,8-9H2,1H3,(H,28,29)/b19-11+. The molecule has 0 bridgehead atoms. The number of methoxy groups -OCH3 is 1. The minimum absolute atomic E-state index is 0.0150. The first-order chi connectivity index (χ1) is 16.4. The van der Waals surface area contributed by atoms with Crippen LogP contribution in [0.15, 0.2) is 50.9 Å². The molecule has 1 saturated heterocycles. The van der Waals surface area contributed by atoms with Gasteiger partial charge in [0.05, 0.1) is 17.6 Å². The molecule has 34 heavy (non-hydrogen) atoms. The fourth-order valence-electron chi connectivity index (χ4n) is 3.59. The summed E-state index contributed by atoms with van der Waals surface area (Å²) in [4.78, 5) is 24.8. The first-order valence-corrected chi connectivity index (χ1v) is 11.4. The Labute approximate surface area is 203 Å². The SMILES string of the molecule is COc1ccc(Cl)cc1-c1nnc(S/C(=C/c2cc([N+](=O)[O-])ccc2N2CCCC2)C(=O)O)o1. The Hall–Kier alpha value is -3.57. The summed E-state index contributed by atoms with van der Waals surface area (Å²) in [5.41, 5.74) is 1.50. The number of carboxylic acids is 1. The van der Waals surface area contributed by atoms with Gasteiger partial charge in [-0.05, 0) is 54.9 Å². The largest absolute Gasteiger partial charge is 0.496 e. The number of ether oxygens (including phenoxy) is 1. The van der Waals surface area contributed by atoms with E-state index in [9.17, 15) is 20.0 Å². The molecule has 12 heteroatoms. The smallest absolute Gasteiger partial charge is 0.342 e. The molecule has 0 amide bonds. The van der Waals surface area contributed by atoms with Crippen molar-refractivity contribution < 1.29 is 24.0 Å². The van der Waals surface area contributed by atoms with Gasteiger partial charge in [-0.1, -0.05) is 11.6 Å². The van der Waals surface area contributed by atoms with E-state index in [-0.39, 0.29) is 21.7 Å². The number of nitrogens with zero attached hydrogens (tertiary/aromatic N) is 4. The predicted molar refractivity (Wildman–Crippen MR) is 127 cm³/mol. The van der Waals surface area contributed by atoms with Gasteiger partial charge in [0.15, 0.2) is 0 Å². The van der Waals surface area contributed by atoms with Gasteiger partial charge in [0.1, 0.15) is 10.7 Å². The molecule has 0 aliphatic carbocycles. The van der Waals surface area contributed by atoms with Gasteiger partial charge in [-0.3, -0.25) is 10.1 Å². The van der Waals surface area contributed by atoms with Gasteiger partial charge in [-0.15, -0.1) is 10.2 Å². The van der Waals surface area contributed by atoms with Crippen molar-refractivity contribution in [3.05, 3.63) is 62.0 Å². The quantitative estimate of drug-likeness (QED) is 0.191. The Balaban J connectivity index is 1.69. The second-order valence-electron chi connectivity index (χ2n) is 7.33. The van der Waals surface area contributed by atoms with Crippen LogP contribution in [0.25, 0.3) is 17.5 Å². The lowest BCUT2D eigenvalue weighted by atomic mass is 10.1. The van der Waals surface area contributed by atoms with Crippen LogP contribution < -0.4 is 9.64 Å². The molecule has 2 heterocycles. The Bertz CT molecular complexity index is 1270. The number of nitro benzene ring substituents is 1. The zero-order chi connectivity index (χ0) is 24.2. The molecule has 0 saturated carbocycles. The highest BCUT2D eigenvalue weighted by Crippen LogP contribution is 2.36. The van der Waals surface area contributed by atoms with Gasteiger partial charge < -0.3 is 19.2 Å². The van der Waals surface area contributed by atoms with Gasteiger partial charge in [0.2, 0.25) is 0 Å². The molecule has 1 aliphatic rings. The summed E-state index contributed by atoms with van der Waals surface area (Å²) in [6.45, 7) is 1.59. The zero-order valence-electron chi connectivity index (χ0n) is 17.9. The van der Waals surface area contributed by atoms with Crippen molar-refractivity contribution in [2.75, 3.05) is 25.1 Å². The number of hydrogen-bond donors (Lipinski definition) is 1. The number of thioether (sulfide) groups is 1. The van der Waals surface area contributed by atoms with Gasteiger partial charge in [-0.2, -0.15) is 0 Å². The highest BCUT2D eigenvalue weighted by molar-refractivity contribution is 8.03. The average molecular weight is 503 g/mol. The van der Waals surface area contributed by atoms with Crippen molar-refractivity contribution in [3.63, 3.8) is 0 Å². The Morgan fingerprint density at radius 2 is 2.03 bits per heavy atom. The molecule has 1 aliphatic heterocycles. The number of anilines is 1. The molecule has 2 aromatic carbocycles. The lowest BCUT2D eigenvalue weighted by molar-refractivity contribution is -0.384. The zero-order valence-corrected chi connectivity index (χ0v) is 19.5. The summed E-state index contributed by atoms with van der Waals surface area (Å²) in [6, 6.07) is 9.34. The first kappa shape index (κ1) is 23.6. The van der Waals surface area contributed by atoms with Crippen molar-refractivity contribution in [3.8, 4) is 17.2 Å². The van der Waals surface area contributed by atoms with E-state index in [1.165, 1.54) is 25.3 Å². The first-order valence-electron chi connectivity index (χ1n) is 10.2. The number of rotatable bonds is 8. The van der Waals surface area contributed by atoms with Crippen molar-refractivity contribution in [2.24, 2.45) is 0 Å². The summed E-state index contributed by atoms with van der Waals surface area (Å²) in [5, 5.41) is 29.5. The average Bonchev–Trinajstić information content (AvgIpc) is 3.51. The lowest BCUT2D eigenvalue weighted by Crippen LogP contribution is -2.18. The maximum Gasteiger partial charge on any atom is 0.342 e. The predicted octanol–water partition coefficient (Wildman–Crippen LogP) is 5.12. The number of halogens is 1. The van der Waals surface area contributed by atoms with Crippen LogP contribution in [-0.2, 0) is 4.79 Å². The number of non-ortho nitro benzene ring substituents is 1. The summed E-state index contributed by atoms with van der Waals surface area (Å²) in [5.74, 6) is -0.658. The summed E-state index contributed by atoms with van der Waals surface area (Å²) in [7, 11) is 1.49. The Morgan fingerprint density at radius 1 is 1.26 bits per heavy atom. The minimum Gasteiger partial charge on any atom is -0.496 e. The van der Waals surface area contributed by atoms with Crippen LogP contribution in [0.1, 0.15) is 18.4 Å². The molecule has 0 unspecified atom stereocenters. The second-order valence-corrected chi connectivity index (χ2v) is 8.76. The number of benzene rings is 2. The maximum absolute atomic E-state index is 12.0. The number of carbonyl (C=O) groups is 1. The summed E-state index contributed by atoms with van der Waals surface area (Å²) < 4.78 is 11.0. The van der Waals surface area contributed by atoms with Crippen LogP contribution in [0, 0.1) is 10.1 Å². The normalized spacial score (nSPS) is 13.8. The number of hydrogen-bond acceptors (Lipinski definition) is 9. The molecule has 10 nitrogen and oxygen atoms in total. The molecule has 3 aromatic rings. The summed E-state index contributed by atoms with van der Waals surface area (Å²) in [6.07, 6.45) is 3.38. The van der Waals surface area contributed by atoms with Crippen LogP contribution in [0.3, 0.4) is 0 Å². The van der Waals surface area contributed by atoms with Gasteiger partial charge >= 0.3 is 5.97 Å². The Morgan fingerprint density at radius 3 is 2.71 bits per heavy atom. The second kappa shape index (κ2) is 10.1. The van der Waals surface area contributed by atoms with Crippen LogP contribution in [-0.4, -0.2) is 46.4 Å². The number of carboxylic acid groups (broad SMARTS) is 1. The van der Waals surface area contributed by atoms with E-state index in [1.807, 2.05) is 0 Å². The molecule has 0 radical (unpaired) electrons. The van der Waals surface area contributed by atoms with E-state index in [1.54, 1.807) is 24.3 Å². The molecule has 1 fully saturated rings. The molecule has 176 valence electrons. The van der Waals surface area contributed by atoms with Gasteiger partial charge in [0, 0.05) is 41.5 Å². The topological polar surface area (TPSA) is 132 Å². The maximum atomic E-state index is 12.0. The van der Waals surface area contributed by atoms with E-state index in [2.05, 4.69) is 15.1 Å². The van der Waals surface area contributed by atoms with Crippen LogP contribution in [0.2, 0.25) is 5.02 Å². The summed E-state index contributed by atoms with van der Waals surface area (Å²) >= 11 is 6.81. The van der Waals surface area contributed by atoms with Gasteiger partial charge in [0.25, 0.3) is 16.8 Å². The van der Waals surface area contributed by atoms with Crippen LogP contribution in [0.4, 0.5) is 11.4 Å². The van der Waals surface area contributed by atoms with Crippen molar-refractivity contribution in [1.82, 2.24) is 10.2 Å². The Kier molecular flexibility index (Phi) is 7.03. The third-order valence-electron chi connectivity index (χ3n) is 5.16. The monoisotopic (exact) mass is 502 g/mol. The molecular weight excluding hydrogens is 484 g/mol. The number of aliphatic carboxylic acids is 1. The van der Waals surface area contributed by atoms with Crippen molar-refractivity contribution in [1.29, 1.82) is 0 Å². The van der Waals surface area contributed by atoms with Crippen molar-refractivity contribution in [2.45, 2.75) is 18.1 Å². The number of aromatic nitrogens is 2. The van der Waals surface area contributed by atoms with Gasteiger partial charge in [-0.25, -0.2) is 4.79 Å². The fourth-order valence-corrected chi connectivity index (χ4v) is 4.43.